The summed E-state index contributed by atoms with van der Waals surface area (Å²) in [6, 6.07) is 5.66. The van der Waals surface area contributed by atoms with Crippen molar-refractivity contribution in [3.63, 3.8) is 0 Å². The van der Waals surface area contributed by atoms with E-state index in [1.54, 1.807) is 7.11 Å². The Balaban J connectivity index is 2.78. The molecule has 66 valence electrons. The van der Waals surface area contributed by atoms with Crippen LogP contribution in [-0.2, 0) is 4.74 Å². The second-order valence-electron chi connectivity index (χ2n) is 2.54. The Bertz CT molecular complexity index is 261. The summed E-state index contributed by atoms with van der Waals surface area (Å²) in [4.78, 5) is 0. The van der Waals surface area contributed by atoms with E-state index in [0.29, 0.717) is 11.4 Å². The number of nitrogens with two attached hydrogens (primary N) is 1. The molecule has 0 aliphatic heterocycles. The van der Waals surface area contributed by atoms with Crippen LogP contribution in [0.15, 0.2) is 18.2 Å². The van der Waals surface area contributed by atoms with Gasteiger partial charge in [-0.1, -0.05) is 12.1 Å². The summed E-state index contributed by atoms with van der Waals surface area (Å²) in [7, 11) is 1.58. The van der Waals surface area contributed by atoms with Gasteiger partial charge in [0.15, 0.2) is 6.79 Å². The number of rotatable bonds is 3. The van der Waals surface area contributed by atoms with Gasteiger partial charge in [-0.05, 0) is 18.6 Å². The Morgan fingerprint density at radius 2 is 2.17 bits per heavy atom. The smallest absolute Gasteiger partial charge is 0.188 e. The fraction of sp³-hybridized carbons (Fsp3) is 0.333. The molecule has 0 atom stereocenters. The Kier molecular flexibility index (Phi) is 2.94. The molecule has 0 heterocycles. The Morgan fingerprint density at radius 1 is 1.42 bits per heavy atom. The van der Waals surface area contributed by atoms with Crippen molar-refractivity contribution in [2.45, 2.75) is 6.92 Å². The summed E-state index contributed by atoms with van der Waals surface area (Å²) < 4.78 is 9.98. The predicted molar refractivity (Wildman–Crippen MR) is 48.1 cm³/mol. The van der Waals surface area contributed by atoms with Crippen LogP contribution in [0.5, 0.6) is 5.75 Å². The maximum atomic E-state index is 5.74. The van der Waals surface area contributed by atoms with Crippen molar-refractivity contribution in [3.05, 3.63) is 23.8 Å². The number of para-hydroxylation sites is 1. The lowest BCUT2D eigenvalue weighted by Gasteiger charge is -2.08. The Hall–Kier alpha value is -1.22. The van der Waals surface area contributed by atoms with Crippen molar-refractivity contribution in [2.24, 2.45) is 0 Å². The summed E-state index contributed by atoms with van der Waals surface area (Å²) >= 11 is 0. The van der Waals surface area contributed by atoms with Gasteiger partial charge in [-0.25, -0.2) is 0 Å². The molecule has 1 rings (SSSR count). The molecule has 2 N–H and O–H groups in total. The number of hydrogen-bond acceptors (Lipinski definition) is 3. The highest BCUT2D eigenvalue weighted by molar-refractivity contribution is 5.57. The number of anilines is 1. The first kappa shape index (κ1) is 8.87. The third-order valence-corrected chi connectivity index (χ3v) is 1.62. The van der Waals surface area contributed by atoms with E-state index >= 15 is 0 Å². The fourth-order valence-electron chi connectivity index (χ4n) is 0.902. The molecule has 0 saturated heterocycles. The first-order valence-corrected chi connectivity index (χ1v) is 3.72. The highest BCUT2D eigenvalue weighted by Crippen LogP contribution is 2.23. The molecule has 0 amide bonds. The van der Waals surface area contributed by atoms with E-state index in [-0.39, 0.29) is 6.79 Å². The molecule has 0 fully saturated rings. The number of aryl methyl sites for hydroxylation is 1. The van der Waals surface area contributed by atoms with Gasteiger partial charge in [0.05, 0.1) is 5.69 Å². The zero-order chi connectivity index (χ0) is 8.97. The molecular formula is C9H13NO2. The van der Waals surface area contributed by atoms with Gasteiger partial charge in [-0.15, -0.1) is 0 Å². The van der Waals surface area contributed by atoms with E-state index in [0.717, 1.165) is 5.56 Å². The highest BCUT2D eigenvalue weighted by atomic mass is 16.7. The molecule has 0 bridgehead atoms. The second-order valence-corrected chi connectivity index (χ2v) is 2.54. The summed E-state index contributed by atoms with van der Waals surface area (Å²) in [6.45, 7) is 2.17. The highest BCUT2D eigenvalue weighted by Gasteiger charge is 2.00. The van der Waals surface area contributed by atoms with E-state index in [2.05, 4.69) is 0 Å². The average Bonchev–Trinajstić information content (AvgIpc) is 2.08. The molecule has 0 spiro atoms. The van der Waals surface area contributed by atoms with E-state index in [9.17, 15) is 0 Å². The number of methoxy groups -OCH3 is 1. The summed E-state index contributed by atoms with van der Waals surface area (Å²) in [5.74, 6) is 0.678. The van der Waals surface area contributed by atoms with Crippen LogP contribution in [0.25, 0.3) is 0 Å². The summed E-state index contributed by atoms with van der Waals surface area (Å²) in [6.07, 6.45) is 0. The van der Waals surface area contributed by atoms with Crippen molar-refractivity contribution in [1.29, 1.82) is 0 Å². The first-order valence-electron chi connectivity index (χ1n) is 3.72. The van der Waals surface area contributed by atoms with E-state index in [1.807, 2.05) is 25.1 Å². The van der Waals surface area contributed by atoms with Gasteiger partial charge in [-0.2, -0.15) is 0 Å². The normalized spacial score (nSPS) is 9.83. The van der Waals surface area contributed by atoms with Crippen LogP contribution in [-0.4, -0.2) is 13.9 Å². The zero-order valence-corrected chi connectivity index (χ0v) is 7.33. The number of ether oxygens (including phenoxy) is 2. The minimum atomic E-state index is 0.230. The van der Waals surface area contributed by atoms with Crippen molar-refractivity contribution < 1.29 is 9.47 Å². The minimum absolute atomic E-state index is 0.230. The van der Waals surface area contributed by atoms with Crippen LogP contribution in [0.3, 0.4) is 0 Å². The Labute approximate surface area is 72.1 Å². The minimum Gasteiger partial charge on any atom is -0.465 e. The zero-order valence-electron chi connectivity index (χ0n) is 7.33. The molecule has 1 aromatic carbocycles. The largest absolute Gasteiger partial charge is 0.465 e. The molecule has 0 aliphatic carbocycles. The van der Waals surface area contributed by atoms with Crippen molar-refractivity contribution >= 4 is 5.69 Å². The predicted octanol–water partition coefficient (Wildman–Crippen LogP) is 1.56. The van der Waals surface area contributed by atoms with Crippen LogP contribution < -0.4 is 10.5 Å². The van der Waals surface area contributed by atoms with E-state index in [4.69, 9.17) is 15.2 Å². The molecular weight excluding hydrogens is 154 g/mol. The second kappa shape index (κ2) is 3.97. The number of hydrogen-bond donors (Lipinski definition) is 1. The maximum Gasteiger partial charge on any atom is 0.188 e. The third kappa shape index (κ3) is 1.89. The topological polar surface area (TPSA) is 44.5 Å². The van der Waals surface area contributed by atoms with Crippen LogP contribution in [0.4, 0.5) is 5.69 Å². The van der Waals surface area contributed by atoms with Crippen LogP contribution in [0, 0.1) is 6.92 Å². The van der Waals surface area contributed by atoms with Gasteiger partial charge in [0.25, 0.3) is 0 Å². The lowest BCUT2D eigenvalue weighted by atomic mass is 10.2. The van der Waals surface area contributed by atoms with Gasteiger partial charge >= 0.3 is 0 Å². The van der Waals surface area contributed by atoms with Gasteiger partial charge in [0, 0.05) is 7.11 Å². The van der Waals surface area contributed by atoms with Crippen molar-refractivity contribution in [2.75, 3.05) is 19.6 Å². The quantitative estimate of drug-likeness (QED) is 0.549. The Morgan fingerprint density at radius 3 is 2.83 bits per heavy atom. The van der Waals surface area contributed by atoms with E-state index in [1.165, 1.54) is 0 Å². The average molecular weight is 167 g/mol. The van der Waals surface area contributed by atoms with Crippen molar-refractivity contribution in [3.8, 4) is 5.75 Å². The molecule has 3 heteroatoms. The summed E-state index contributed by atoms with van der Waals surface area (Å²) in [5.41, 5.74) is 7.44. The van der Waals surface area contributed by atoms with Crippen molar-refractivity contribution in [1.82, 2.24) is 0 Å². The van der Waals surface area contributed by atoms with Gasteiger partial charge in [-0.3, -0.25) is 0 Å². The van der Waals surface area contributed by atoms with Gasteiger partial charge in [0.1, 0.15) is 5.75 Å². The first-order chi connectivity index (χ1) is 5.75. The maximum absolute atomic E-state index is 5.74. The molecule has 3 nitrogen and oxygen atoms in total. The van der Waals surface area contributed by atoms with E-state index < -0.39 is 0 Å². The molecule has 0 saturated carbocycles. The molecule has 12 heavy (non-hydrogen) atoms. The third-order valence-electron chi connectivity index (χ3n) is 1.62. The van der Waals surface area contributed by atoms with Gasteiger partial charge < -0.3 is 15.2 Å². The van der Waals surface area contributed by atoms with Crippen LogP contribution in [0.1, 0.15) is 5.56 Å². The van der Waals surface area contributed by atoms with Crippen LogP contribution >= 0.6 is 0 Å². The number of benzene rings is 1. The lowest BCUT2D eigenvalue weighted by molar-refractivity contribution is 0.0516. The molecule has 1 aromatic rings. The molecule has 0 aromatic heterocycles. The monoisotopic (exact) mass is 167 g/mol. The fourth-order valence-corrected chi connectivity index (χ4v) is 0.902. The molecule has 0 radical (unpaired) electrons. The van der Waals surface area contributed by atoms with Gasteiger partial charge in [0.2, 0.25) is 0 Å². The molecule has 0 aliphatic rings. The molecule has 0 unspecified atom stereocenters. The standard InChI is InChI=1S/C9H13NO2/c1-7-4-3-5-8(9(7)10)12-6-11-2/h3-5H,6,10H2,1-2H3. The number of nitrogen functional groups attached to an aromatic ring is 1. The SMILES string of the molecule is COCOc1cccc(C)c1N. The summed E-state index contributed by atoms with van der Waals surface area (Å²) in [5, 5.41) is 0. The lowest BCUT2D eigenvalue weighted by Crippen LogP contribution is -2.02. The van der Waals surface area contributed by atoms with Crippen LogP contribution in [0.2, 0.25) is 0 Å².